The van der Waals surface area contributed by atoms with Crippen LogP contribution in [0.15, 0.2) is 24.3 Å². The van der Waals surface area contributed by atoms with Gasteiger partial charge in [-0.3, -0.25) is 4.79 Å². The fourth-order valence-corrected chi connectivity index (χ4v) is 3.01. The Morgan fingerprint density at radius 2 is 1.77 bits per heavy atom. The van der Waals surface area contributed by atoms with Crippen molar-refractivity contribution >= 4 is 5.97 Å². The highest BCUT2D eigenvalue weighted by atomic mass is 16.5. The van der Waals surface area contributed by atoms with E-state index < -0.39 is 5.97 Å². The molecule has 2 aliphatic rings. The van der Waals surface area contributed by atoms with E-state index in [1.54, 1.807) is 0 Å². The Labute approximate surface area is 131 Å². The van der Waals surface area contributed by atoms with Gasteiger partial charge in [0.15, 0.2) is 0 Å². The molecule has 2 aliphatic carbocycles. The maximum Gasteiger partial charge on any atom is 0.306 e. The van der Waals surface area contributed by atoms with Gasteiger partial charge >= 0.3 is 5.97 Å². The summed E-state index contributed by atoms with van der Waals surface area (Å²) < 4.78 is 5.74. The van der Waals surface area contributed by atoms with E-state index in [0.29, 0.717) is 6.04 Å². The second-order valence-corrected chi connectivity index (χ2v) is 6.67. The number of carboxylic acid groups (broad SMARTS) is 1. The minimum absolute atomic E-state index is 0.138. The summed E-state index contributed by atoms with van der Waals surface area (Å²) >= 11 is 0. The van der Waals surface area contributed by atoms with Gasteiger partial charge in [0.25, 0.3) is 0 Å². The van der Waals surface area contributed by atoms with Crippen molar-refractivity contribution in [2.75, 3.05) is 6.61 Å². The summed E-state index contributed by atoms with van der Waals surface area (Å²) in [6.07, 6.45) is 6.12. The third-order valence-corrected chi connectivity index (χ3v) is 4.78. The molecule has 4 heteroatoms. The second kappa shape index (κ2) is 7.14. The molecular weight excluding hydrogens is 278 g/mol. The van der Waals surface area contributed by atoms with Crippen LogP contribution in [0.2, 0.25) is 0 Å². The summed E-state index contributed by atoms with van der Waals surface area (Å²) in [5.41, 5.74) is 1.25. The van der Waals surface area contributed by atoms with Crippen molar-refractivity contribution in [1.29, 1.82) is 0 Å². The molecule has 0 saturated heterocycles. The van der Waals surface area contributed by atoms with Crippen molar-refractivity contribution in [3.8, 4) is 5.75 Å². The van der Waals surface area contributed by atoms with Gasteiger partial charge < -0.3 is 15.2 Å². The van der Waals surface area contributed by atoms with Gasteiger partial charge in [-0.15, -0.1) is 0 Å². The van der Waals surface area contributed by atoms with Crippen molar-refractivity contribution in [3.05, 3.63) is 29.8 Å². The quantitative estimate of drug-likeness (QED) is 0.812. The lowest BCUT2D eigenvalue weighted by Gasteiger charge is -2.27. The summed E-state index contributed by atoms with van der Waals surface area (Å²) in [6, 6.07) is 8.75. The van der Waals surface area contributed by atoms with Crippen LogP contribution in [0, 0.1) is 11.8 Å². The fraction of sp³-hybridized carbons (Fsp3) is 0.611. The number of carboxylic acids is 1. The Kier molecular flexibility index (Phi) is 4.98. The first kappa shape index (κ1) is 15.3. The summed E-state index contributed by atoms with van der Waals surface area (Å²) in [5, 5.41) is 12.6. The molecule has 2 saturated carbocycles. The molecule has 22 heavy (non-hydrogen) atoms. The molecule has 0 spiro atoms. The van der Waals surface area contributed by atoms with Crippen LogP contribution in [0.4, 0.5) is 0 Å². The SMILES string of the molecule is O=C(O)C1CCC(NCc2ccc(OCC3CC3)cc2)CC1. The zero-order chi connectivity index (χ0) is 15.4. The Morgan fingerprint density at radius 1 is 1.09 bits per heavy atom. The van der Waals surface area contributed by atoms with Crippen molar-refractivity contribution in [3.63, 3.8) is 0 Å². The molecule has 0 unspecified atom stereocenters. The molecule has 1 aromatic carbocycles. The van der Waals surface area contributed by atoms with Crippen molar-refractivity contribution < 1.29 is 14.6 Å². The van der Waals surface area contributed by atoms with Gasteiger partial charge in [-0.1, -0.05) is 12.1 Å². The van der Waals surface area contributed by atoms with Crippen LogP contribution in [0.1, 0.15) is 44.1 Å². The van der Waals surface area contributed by atoms with E-state index >= 15 is 0 Å². The highest BCUT2D eigenvalue weighted by Gasteiger charge is 2.25. The molecule has 2 fully saturated rings. The van der Waals surface area contributed by atoms with Crippen LogP contribution in [-0.2, 0) is 11.3 Å². The van der Waals surface area contributed by atoms with Gasteiger partial charge in [-0.05, 0) is 62.1 Å². The summed E-state index contributed by atoms with van der Waals surface area (Å²) in [4.78, 5) is 10.9. The highest BCUT2D eigenvalue weighted by molar-refractivity contribution is 5.70. The summed E-state index contributed by atoms with van der Waals surface area (Å²) in [6.45, 7) is 1.69. The van der Waals surface area contributed by atoms with E-state index in [-0.39, 0.29) is 5.92 Å². The average Bonchev–Trinajstić information content (AvgIpc) is 3.36. The predicted molar refractivity (Wildman–Crippen MR) is 84.9 cm³/mol. The van der Waals surface area contributed by atoms with Gasteiger partial charge in [0.05, 0.1) is 12.5 Å². The normalized spacial score (nSPS) is 24.9. The largest absolute Gasteiger partial charge is 0.493 e. The summed E-state index contributed by atoms with van der Waals surface area (Å²) in [7, 11) is 0. The molecule has 120 valence electrons. The maximum atomic E-state index is 10.9. The number of benzene rings is 1. The molecule has 4 nitrogen and oxygen atoms in total. The number of aliphatic carboxylic acids is 1. The molecule has 0 heterocycles. The molecule has 0 aliphatic heterocycles. The Bertz CT molecular complexity index is 488. The Hall–Kier alpha value is -1.55. The van der Waals surface area contributed by atoms with Crippen LogP contribution in [0.5, 0.6) is 5.75 Å². The molecule has 1 aromatic rings. The Balaban J connectivity index is 1.38. The molecule has 0 amide bonds. The Morgan fingerprint density at radius 3 is 2.36 bits per heavy atom. The van der Waals surface area contributed by atoms with E-state index in [9.17, 15) is 4.79 Å². The van der Waals surface area contributed by atoms with Crippen LogP contribution in [0.25, 0.3) is 0 Å². The number of carbonyl (C=O) groups is 1. The summed E-state index contributed by atoms with van der Waals surface area (Å²) in [5.74, 6) is 0.959. The third kappa shape index (κ3) is 4.47. The van der Waals surface area contributed by atoms with E-state index in [4.69, 9.17) is 9.84 Å². The number of hydrogen-bond donors (Lipinski definition) is 2. The number of ether oxygens (including phenoxy) is 1. The average molecular weight is 303 g/mol. The number of hydrogen-bond acceptors (Lipinski definition) is 3. The lowest BCUT2D eigenvalue weighted by atomic mass is 9.86. The zero-order valence-corrected chi connectivity index (χ0v) is 13.0. The first-order valence-corrected chi connectivity index (χ1v) is 8.38. The first-order chi connectivity index (χ1) is 10.7. The van der Waals surface area contributed by atoms with Crippen LogP contribution in [0.3, 0.4) is 0 Å². The van der Waals surface area contributed by atoms with Crippen molar-refractivity contribution in [2.24, 2.45) is 11.8 Å². The number of rotatable bonds is 7. The van der Waals surface area contributed by atoms with Gasteiger partial charge in [-0.2, -0.15) is 0 Å². The highest BCUT2D eigenvalue weighted by Crippen LogP contribution is 2.29. The smallest absolute Gasteiger partial charge is 0.306 e. The zero-order valence-electron chi connectivity index (χ0n) is 13.0. The third-order valence-electron chi connectivity index (χ3n) is 4.78. The van der Waals surface area contributed by atoms with Gasteiger partial charge in [0, 0.05) is 12.6 Å². The van der Waals surface area contributed by atoms with Crippen molar-refractivity contribution in [1.82, 2.24) is 5.32 Å². The van der Waals surface area contributed by atoms with E-state index in [1.165, 1.54) is 18.4 Å². The molecule has 2 N–H and O–H groups in total. The van der Waals surface area contributed by atoms with E-state index in [2.05, 4.69) is 17.4 Å². The maximum absolute atomic E-state index is 10.9. The van der Waals surface area contributed by atoms with Crippen molar-refractivity contribution in [2.45, 2.75) is 51.1 Å². The van der Waals surface area contributed by atoms with Gasteiger partial charge in [-0.25, -0.2) is 0 Å². The standard InChI is InChI=1S/C18H25NO3/c20-18(21)15-5-7-16(8-6-15)19-11-13-3-9-17(10-4-13)22-12-14-1-2-14/h3-4,9-10,14-16,19H,1-2,5-8,11-12H2,(H,20,21). The lowest BCUT2D eigenvalue weighted by Crippen LogP contribution is -2.34. The minimum atomic E-state index is -0.639. The predicted octanol–water partition coefficient (Wildman–Crippen LogP) is 3.21. The molecule has 0 bridgehead atoms. The van der Waals surface area contributed by atoms with Gasteiger partial charge in [0.2, 0.25) is 0 Å². The minimum Gasteiger partial charge on any atom is -0.493 e. The molecule has 0 radical (unpaired) electrons. The van der Waals surface area contributed by atoms with Gasteiger partial charge in [0.1, 0.15) is 5.75 Å². The molecule has 0 atom stereocenters. The van der Waals surface area contributed by atoms with Crippen LogP contribution in [-0.4, -0.2) is 23.7 Å². The van der Waals surface area contributed by atoms with E-state index in [1.807, 2.05) is 12.1 Å². The van der Waals surface area contributed by atoms with Crippen LogP contribution < -0.4 is 10.1 Å². The number of nitrogens with one attached hydrogen (secondary N) is 1. The second-order valence-electron chi connectivity index (χ2n) is 6.67. The fourth-order valence-electron chi connectivity index (χ4n) is 3.01. The molecule has 3 rings (SSSR count). The molecular formula is C18H25NO3. The van der Waals surface area contributed by atoms with E-state index in [0.717, 1.165) is 50.5 Å². The topological polar surface area (TPSA) is 58.6 Å². The lowest BCUT2D eigenvalue weighted by molar-refractivity contribution is -0.142. The van der Waals surface area contributed by atoms with Crippen LogP contribution >= 0.6 is 0 Å². The molecule has 0 aromatic heterocycles. The first-order valence-electron chi connectivity index (χ1n) is 8.38. The monoisotopic (exact) mass is 303 g/mol.